The van der Waals surface area contributed by atoms with Gasteiger partial charge in [-0.05, 0) is 48.9 Å². The molecule has 7 nitrogen and oxygen atoms in total. The number of carbonyl (C=O) groups is 2. The van der Waals surface area contributed by atoms with Crippen LogP contribution >= 0.6 is 0 Å². The summed E-state index contributed by atoms with van der Waals surface area (Å²) < 4.78 is 29.3. The number of amides is 2. The summed E-state index contributed by atoms with van der Waals surface area (Å²) in [5.41, 5.74) is 0.0156. The minimum Gasteiger partial charge on any atom is -0.345 e. The summed E-state index contributed by atoms with van der Waals surface area (Å²) in [6.07, 6.45) is 2.80. The van der Waals surface area contributed by atoms with Crippen LogP contribution in [0.25, 0.3) is 10.8 Å². The molecule has 2 aromatic carbocycles. The van der Waals surface area contributed by atoms with Crippen molar-refractivity contribution < 1.29 is 18.4 Å². The molecule has 3 aromatic rings. The second kappa shape index (κ2) is 8.55. The van der Waals surface area contributed by atoms with E-state index in [4.69, 9.17) is 5.84 Å². The van der Waals surface area contributed by atoms with Gasteiger partial charge in [-0.25, -0.2) is 13.5 Å². The number of aromatic nitrogens is 1. The van der Waals surface area contributed by atoms with Crippen molar-refractivity contribution >= 4 is 22.6 Å². The van der Waals surface area contributed by atoms with Crippen LogP contribution in [0, 0.1) is 17.6 Å². The third-order valence-electron chi connectivity index (χ3n) is 6.62. The van der Waals surface area contributed by atoms with Gasteiger partial charge in [0.25, 0.3) is 11.5 Å². The van der Waals surface area contributed by atoms with Crippen molar-refractivity contribution in [1.29, 1.82) is 0 Å². The van der Waals surface area contributed by atoms with Crippen LogP contribution in [0.2, 0.25) is 0 Å². The number of fused-ring (bicyclic) bond motifs is 1. The molecule has 2 aliphatic rings. The molecule has 5 rings (SSSR count). The number of carbonyl (C=O) groups excluding carboxylic acids is 2. The second-order valence-corrected chi connectivity index (χ2v) is 8.92. The second-order valence-electron chi connectivity index (χ2n) is 8.92. The lowest BCUT2D eigenvalue weighted by atomic mass is 9.99. The maximum atomic E-state index is 14.7. The van der Waals surface area contributed by atoms with E-state index < -0.39 is 29.1 Å². The van der Waals surface area contributed by atoms with Gasteiger partial charge in [0.05, 0.1) is 29.2 Å². The van der Waals surface area contributed by atoms with Crippen molar-refractivity contribution in [2.45, 2.75) is 38.3 Å². The number of benzene rings is 2. The lowest BCUT2D eigenvalue weighted by Crippen LogP contribution is -2.39. The van der Waals surface area contributed by atoms with Gasteiger partial charge in [-0.3, -0.25) is 14.4 Å². The summed E-state index contributed by atoms with van der Waals surface area (Å²) in [6.45, 7) is 0.428. The van der Waals surface area contributed by atoms with E-state index in [1.807, 2.05) is 0 Å². The number of nitrogens with one attached hydrogen (secondary N) is 1. The summed E-state index contributed by atoms with van der Waals surface area (Å²) in [7, 11) is 0. The molecule has 2 fully saturated rings. The van der Waals surface area contributed by atoms with Crippen LogP contribution in [0.3, 0.4) is 0 Å². The Hall–Kier alpha value is -3.75. The van der Waals surface area contributed by atoms with Gasteiger partial charge in [-0.2, -0.15) is 0 Å². The van der Waals surface area contributed by atoms with Gasteiger partial charge < -0.3 is 16.1 Å². The third kappa shape index (κ3) is 3.91. The van der Waals surface area contributed by atoms with E-state index in [0.717, 1.165) is 23.6 Å². The lowest BCUT2D eigenvalue weighted by molar-refractivity contribution is -0.128. The van der Waals surface area contributed by atoms with Crippen molar-refractivity contribution in [3.05, 3.63) is 81.3 Å². The SMILES string of the molecule is Nn1c(CN2CCCC2=O)c(C(=O)NC(c2cccc(F)c2)C2CC2)c2cccc(F)c2c1=O. The Kier molecular flexibility index (Phi) is 5.55. The molecule has 0 bridgehead atoms. The van der Waals surface area contributed by atoms with Crippen LogP contribution in [0.1, 0.15) is 53.3 Å². The molecule has 176 valence electrons. The largest absolute Gasteiger partial charge is 0.345 e. The molecule has 2 amide bonds. The first-order valence-electron chi connectivity index (χ1n) is 11.3. The predicted octanol–water partition coefficient (Wildman–Crippen LogP) is 3.00. The number of halogens is 2. The number of hydrogen-bond acceptors (Lipinski definition) is 4. The first kappa shape index (κ1) is 22.1. The highest BCUT2D eigenvalue weighted by atomic mass is 19.1. The normalized spacial score (nSPS) is 16.8. The highest BCUT2D eigenvalue weighted by molar-refractivity contribution is 6.08. The van der Waals surface area contributed by atoms with Gasteiger partial charge >= 0.3 is 0 Å². The van der Waals surface area contributed by atoms with E-state index in [9.17, 15) is 23.2 Å². The zero-order valence-corrected chi connectivity index (χ0v) is 18.4. The smallest absolute Gasteiger partial charge is 0.279 e. The highest BCUT2D eigenvalue weighted by Gasteiger charge is 2.35. The molecule has 9 heteroatoms. The minimum absolute atomic E-state index is 0.0401. The molecule has 2 heterocycles. The van der Waals surface area contributed by atoms with Crippen molar-refractivity contribution in [2.24, 2.45) is 5.92 Å². The van der Waals surface area contributed by atoms with Gasteiger partial charge in [0.1, 0.15) is 11.6 Å². The van der Waals surface area contributed by atoms with E-state index in [0.29, 0.717) is 24.9 Å². The summed E-state index contributed by atoms with van der Waals surface area (Å²) >= 11 is 0. The first-order valence-corrected chi connectivity index (χ1v) is 11.3. The topological polar surface area (TPSA) is 97.4 Å². The summed E-state index contributed by atoms with van der Waals surface area (Å²) in [6, 6.07) is 9.65. The lowest BCUT2D eigenvalue weighted by Gasteiger charge is -2.24. The van der Waals surface area contributed by atoms with Gasteiger partial charge in [0.15, 0.2) is 0 Å². The third-order valence-corrected chi connectivity index (χ3v) is 6.62. The number of pyridine rings is 1. The Labute approximate surface area is 194 Å². The Balaban J connectivity index is 1.63. The zero-order chi connectivity index (χ0) is 24.0. The fraction of sp³-hybridized carbons (Fsp3) is 0.320. The van der Waals surface area contributed by atoms with E-state index in [-0.39, 0.29) is 40.4 Å². The van der Waals surface area contributed by atoms with Crippen LogP contribution in [0.15, 0.2) is 47.3 Å². The van der Waals surface area contributed by atoms with Crippen LogP contribution in [-0.2, 0) is 11.3 Å². The summed E-state index contributed by atoms with van der Waals surface area (Å²) in [5, 5.41) is 2.80. The van der Waals surface area contributed by atoms with Gasteiger partial charge in [0.2, 0.25) is 5.91 Å². The summed E-state index contributed by atoms with van der Waals surface area (Å²) in [4.78, 5) is 40.4. The molecular weight excluding hydrogens is 442 g/mol. The number of nitrogens with two attached hydrogens (primary N) is 1. The van der Waals surface area contributed by atoms with Crippen LogP contribution < -0.4 is 16.7 Å². The number of rotatable bonds is 6. The Bertz CT molecular complexity index is 1370. The van der Waals surface area contributed by atoms with Gasteiger partial charge in [0, 0.05) is 18.4 Å². The molecule has 1 aromatic heterocycles. The Morgan fingerprint density at radius 2 is 1.91 bits per heavy atom. The van der Waals surface area contributed by atoms with E-state index in [1.54, 1.807) is 12.1 Å². The van der Waals surface area contributed by atoms with Crippen LogP contribution in [-0.4, -0.2) is 27.9 Å². The zero-order valence-electron chi connectivity index (χ0n) is 18.4. The molecule has 3 N–H and O–H groups in total. The van der Waals surface area contributed by atoms with Gasteiger partial charge in [-0.15, -0.1) is 0 Å². The molecule has 1 unspecified atom stereocenters. The number of nitrogen functional groups attached to an aromatic ring is 1. The monoisotopic (exact) mass is 466 g/mol. The Morgan fingerprint density at radius 3 is 2.59 bits per heavy atom. The fourth-order valence-electron chi connectivity index (χ4n) is 4.75. The van der Waals surface area contributed by atoms with Crippen molar-refractivity contribution in [1.82, 2.24) is 14.9 Å². The fourth-order valence-corrected chi connectivity index (χ4v) is 4.75. The van der Waals surface area contributed by atoms with Crippen LogP contribution in [0.5, 0.6) is 0 Å². The van der Waals surface area contributed by atoms with E-state index in [2.05, 4.69) is 5.32 Å². The molecule has 0 spiro atoms. The first-order chi connectivity index (χ1) is 16.3. The number of nitrogens with zero attached hydrogens (tertiary/aromatic N) is 2. The van der Waals surface area contributed by atoms with Crippen molar-refractivity contribution in [3.63, 3.8) is 0 Å². The average molecular weight is 466 g/mol. The molecule has 0 radical (unpaired) electrons. The standard InChI is InChI=1S/C25H24F2N4O3/c26-16-5-1-4-15(12-16)23(14-9-10-14)29-24(33)22-17-6-2-7-18(27)21(17)25(34)31(28)19(22)13-30-11-3-8-20(30)32/h1-2,4-7,12,14,23H,3,8-11,13,28H2,(H,29,33). The molecule has 1 atom stereocenters. The predicted molar refractivity (Wildman–Crippen MR) is 122 cm³/mol. The number of likely N-dealkylation sites (tertiary alicyclic amines) is 1. The van der Waals surface area contributed by atoms with Gasteiger partial charge in [-0.1, -0.05) is 24.3 Å². The highest BCUT2D eigenvalue weighted by Crippen LogP contribution is 2.41. The van der Waals surface area contributed by atoms with E-state index >= 15 is 0 Å². The molecular formula is C25H24F2N4O3. The molecule has 1 aliphatic heterocycles. The molecule has 1 saturated carbocycles. The maximum Gasteiger partial charge on any atom is 0.279 e. The Morgan fingerprint density at radius 1 is 1.15 bits per heavy atom. The van der Waals surface area contributed by atoms with Crippen molar-refractivity contribution in [3.8, 4) is 0 Å². The summed E-state index contributed by atoms with van der Waals surface area (Å²) in [5.74, 6) is 4.37. The quantitative estimate of drug-likeness (QED) is 0.546. The van der Waals surface area contributed by atoms with Crippen molar-refractivity contribution in [2.75, 3.05) is 12.4 Å². The molecule has 1 saturated heterocycles. The number of hydrogen-bond donors (Lipinski definition) is 2. The molecule has 1 aliphatic carbocycles. The van der Waals surface area contributed by atoms with Crippen LogP contribution in [0.4, 0.5) is 8.78 Å². The van der Waals surface area contributed by atoms with E-state index in [1.165, 1.54) is 29.2 Å². The molecule has 34 heavy (non-hydrogen) atoms. The maximum absolute atomic E-state index is 14.7. The minimum atomic E-state index is -0.788. The average Bonchev–Trinajstić information content (AvgIpc) is 3.57.